The quantitative estimate of drug-likeness (QED) is 0.508. The molecular formula is C21H24F2N2O5S. The Morgan fingerprint density at radius 1 is 1.26 bits per heavy atom. The largest absolute Gasteiger partial charge is 0.485 e. The third-order valence-electron chi connectivity index (χ3n) is 5.21. The summed E-state index contributed by atoms with van der Waals surface area (Å²) in [5.41, 5.74) is -2.40. The third kappa shape index (κ3) is 4.32. The molecule has 7 nitrogen and oxygen atoms in total. The normalized spacial score (nSPS) is 22.3. The minimum Gasteiger partial charge on any atom is -0.485 e. The lowest BCUT2D eigenvalue weighted by molar-refractivity contribution is -0.385. The highest BCUT2D eigenvalue weighted by Gasteiger charge is 2.60. The second-order valence-electron chi connectivity index (χ2n) is 8.41. The molecule has 0 bridgehead atoms. The molecule has 10 heteroatoms. The van der Waals surface area contributed by atoms with Crippen molar-refractivity contribution in [3.63, 3.8) is 0 Å². The molecule has 1 aliphatic heterocycles. The van der Waals surface area contributed by atoms with Crippen molar-refractivity contribution in [3.05, 3.63) is 69.8 Å². The number of benzene rings is 2. The van der Waals surface area contributed by atoms with Crippen molar-refractivity contribution >= 4 is 16.7 Å². The van der Waals surface area contributed by atoms with Crippen LogP contribution < -0.4 is 9.46 Å². The van der Waals surface area contributed by atoms with Crippen LogP contribution in [0.3, 0.4) is 0 Å². The number of nitrogens with zero attached hydrogens (tertiary/aromatic N) is 1. The molecule has 2 aromatic carbocycles. The van der Waals surface area contributed by atoms with Crippen LogP contribution in [-0.2, 0) is 16.5 Å². The second-order valence-corrected chi connectivity index (χ2v) is 10.4. The highest BCUT2D eigenvalue weighted by molar-refractivity contribution is 7.84. The number of hydrogen-bond donors (Lipinski definition) is 2. The van der Waals surface area contributed by atoms with Crippen molar-refractivity contribution in [2.45, 2.75) is 49.5 Å². The highest BCUT2D eigenvalue weighted by Crippen LogP contribution is 2.53. The van der Waals surface area contributed by atoms with Gasteiger partial charge in [-0.1, -0.05) is 30.3 Å². The number of nitro benzene ring substituents is 1. The second kappa shape index (κ2) is 8.25. The number of halogens is 2. The van der Waals surface area contributed by atoms with Crippen LogP contribution >= 0.6 is 0 Å². The Labute approximate surface area is 181 Å². The molecule has 3 rings (SSSR count). The lowest BCUT2D eigenvalue weighted by atomic mass is 9.76. The molecule has 0 spiro atoms. The number of nitrogens with one attached hydrogen (secondary N) is 1. The molecule has 0 fully saturated rings. The first-order chi connectivity index (χ1) is 14.4. The molecule has 2 aromatic rings. The average molecular weight is 454 g/mol. The summed E-state index contributed by atoms with van der Waals surface area (Å²) in [7, 11) is -1.98. The van der Waals surface area contributed by atoms with Crippen molar-refractivity contribution in [3.8, 4) is 5.75 Å². The van der Waals surface area contributed by atoms with E-state index < -0.39 is 56.9 Å². The maximum atomic E-state index is 15.5. The van der Waals surface area contributed by atoms with Crippen LogP contribution in [0.4, 0.5) is 14.5 Å². The number of alkyl halides is 2. The van der Waals surface area contributed by atoms with Crippen LogP contribution in [0.15, 0.2) is 48.5 Å². The van der Waals surface area contributed by atoms with E-state index in [1.54, 1.807) is 51.1 Å². The summed E-state index contributed by atoms with van der Waals surface area (Å²) in [4.78, 5) is 10.6. The molecule has 0 saturated heterocycles. The van der Waals surface area contributed by atoms with Crippen LogP contribution in [0.5, 0.6) is 5.75 Å². The maximum Gasteiger partial charge on any atom is 0.293 e. The Kier molecular flexibility index (Phi) is 6.18. The first-order valence-corrected chi connectivity index (χ1v) is 10.8. The lowest BCUT2D eigenvalue weighted by Crippen LogP contribution is -2.62. The predicted octanol–water partition coefficient (Wildman–Crippen LogP) is 3.99. The van der Waals surface area contributed by atoms with Crippen molar-refractivity contribution < 1.29 is 27.8 Å². The van der Waals surface area contributed by atoms with Crippen LogP contribution in [0.2, 0.25) is 0 Å². The van der Waals surface area contributed by atoms with Gasteiger partial charge < -0.3 is 9.84 Å². The Balaban J connectivity index is 2.27. The van der Waals surface area contributed by atoms with Crippen molar-refractivity contribution in [2.75, 3.05) is 6.61 Å². The van der Waals surface area contributed by atoms with Crippen LogP contribution in [0.25, 0.3) is 0 Å². The number of aliphatic hydroxyl groups is 1. The summed E-state index contributed by atoms with van der Waals surface area (Å²) < 4.78 is 51.5. The Morgan fingerprint density at radius 2 is 1.90 bits per heavy atom. The molecular weight excluding hydrogens is 430 g/mol. The van der Waals surface area contributed by atoms with Gasteiger partial charge >= 0.3 is 0 Å². The fraction of sp³-hybridized carbons (Fsp3) is 0.429. The molecule has 1 aliphatic rings. The molecule has 0 radical (unpaired) electrons. The molecule has 2 N–H and O–H groups in total. The topological polar surface area (TPSA) is 102 Å². The van der Waals surface area contributed by atoms with Gasteiger partial charge in [0.1, 0.15) is 24.0 Å². The number of ether oxygens (including phenoxy) is 1. The van der Waals surface area contributed by atoms with Crippen molar-refractivity contribution in [1.82, 2.24) is 4.72 Å². The fourth-order valence-electron chi connectivity index (χ4n) is 3.47. The van der Waals surface area contributed by atoms with Gasteiger partial charge in [-0.25, -0.2) is 17.7 Å². The number of nitro groups is 1. The zero-order valence-electron chi connectivity index (χ0n) is 17.3. The van der Waals surface area contributed by atoms with Gasteiger partial charge in [-0.15, -0.1) is 0 Å². The highest BCUT2D eigenvalue weighted by atomic mass is 32.2. The Bertz CT molecular complexity index is 997. The Hall–Kier alpha value is -2.43. The van der Waals surface area contributed by atoms with E-state index in [0.29, 0.717) is 5.56 Å². The predicted molar refractivity (Wildman–Crippen MR) is 112 cm³/mol. The molecule has 0 aliphatic carbocycles. The number of non-ortho nitro benzene ring substituents is 1. The zero-order valence-corrected chi connectivity index (χ0v) is 18.1. The Morgan fingerprint density at radius 3 is 2.45 bits per heavy atom. The zero-order chi connectivity index (χ0) is 23.0. The molecule has 168 valence electrons. The molecule has 3 atom stereocenters. The molecule has 31 heavy (non-hydrogen) atoms. The van der Waals surface area contributed by atoms with Gasteiger partial charge in [0.25, 0.3) is 11.6 Å². The summed E-state index contributed by atoms with van der Waals surface area (Å²) in [5, 5.41) is 21.0. The molecule has 0 aromatic heterocycles. The molecule has 0 saturated carbocycles. The minimum atomic E-state index is -3.81. The first kappa shape index (κ1) is 23.2. The first-order valence-electron chi connectivity index (χ1n) is 9.60. The average Bonchev–Trinajstić information content (AvgIpc) is 2.72. The molecule has 1 heterocycles. The minimum absolute atomic E-state index is 0.00256. The lowest BCUT2D eigenvalue weighted by Gasteiger charge is -2.47. The van der Waals surface area contributed by atoms with Crippen LogP contribution in [0, 0.1) is 10.1 Å². The van der Waals surface area contributed by atoms with Gasteiger partial charge in [-0.05, 0) is 32.4 Å². The SMILES string of the molecule is CC(C)(C)[S@@](=O)N[C@]1(C(F)(F)CO)CC(c2ccccc2)Oc2ccc([N+](=O)[O-])cc21. The van der Waals surface area contributed by atoms with Gasteiger partial charge in [0, 0.05) is 24.1 Å². The number of aliphatic hydroxyl groups excluding tert-OH is 1. The summed E-state index contributed by atoms with van der Waals surface area (Å²) in [6.45, 7) is 3.29. The van der Waals surface area contributed by atoms with Crippen molar-refractivity contribution in [1.29, 1.82) is 0 Å². The summed E-state index contributed by atoms with van der Waals surface area (Å²) in [6, 6.07) is 12.1. The molecule has 1 unspecified atom stereocenters. The monoisotopic (exact) mass is 454 g/mol. The van der Waals surface area contributed by atoms with E-state index in [2.05, 4.69) is 4.72 Å². The number of fused-ring (bicyclic) bond motifs is 1. The summed E-state index contributed by atoms with van der Waals surface area (Å²) in [6.07, 6.45) is -1.27. The third-order valence-corrected chi connectivity index (χ3v) is 6.86. The van der Waals surface area contributed by atoms with E-state index in [9.17, 15) is 19.4 Å². The van der Waals surface area contributed by atoms with Crippen LogP contribution in [0.1, 0.15) is 44.4 Å². The fourth-order valence-corrected chi connectivity index (χ4v) is 4.43. The van der Waals surface area contributed by atoms with E-state index >= 15 is 8.78 Å². The standard InChI is InChI=1S/C21H24F2N2O5S/c1-19(2,3)31(29)24-20(21(22,23)13-26)12-18(14-7-5-4-6-8-14)30-17-10-9-15(25(27)28)11-16(17)20/h4-11,18,24,26H,12-13H2,1-3H3/t18?,20-,31-/m1/s1. The van der Waals surface area contributed by atoms with Gasteiger partial charge in [0.15, 0.2) is 0 Å². The van der Waals surface area contributed by atoms with E-state index in [4.69, 9.17) is 4.74 Å². The summed E-state index contributed by atoms with van der Waals surface area (Å²) in [5.74, 6) is -3.81. The van der Waals surface area contributed by atoms with Crippen molar-refractivity contribution in [2.24, 2.45) is 0 Å². The number of rotatable bonds is 6. The van der Waals surface area contributed by atoms with Gasteiger partial charge in [-0.3, -0.25) is 10.1 Å². The van der Waals surface area contributed by atoms with Gasteiger partial charge in [0.05, 0.1) is 20.7 Å². The number of hydrogen-bond acceptors (Lipinski definition) is 5. The van der Waals surface area contributed by atoms with E-state index in [-0.39, 0.29) is 11.3 Å². The maximum absolute atomic E-state index is 15.5. The van der Waals surface area contributed by atoms with E-state index in [1.165, 1.54) is 6.07 Å². The van der Waals surface area contributed by atoms with E-state index in [1.807, 2.05) is 0 Å². The van der Waals surface area contributed by atoms with Crippen LogP contribution in [-0.4, -0.2) is 31.5 Å². The molecule has 0 amide bonds. The van der Waals surface area contributed by atoms with E-state index in [0.717, 1.165) is 12.1 Å². The van der Waals surface area contributed by atoms with Gasteiger partial charge in [-0.2, -0.15) is 0 Å². The smallest absolute Gasteiger partial charge is 0.293 e. The van der Waals surface area contributed by atoms with Gasteiger partial charge in [0.2, 0.25) is 0 Å². The summed E-state index contributed by atoms with van der Waals surface area (Å²) >= 11 is 0.